The van der Waals surface area contributed by atoms with Crippen molar-refractivity contribution in [3.8, 4) is 0 Å². The van der Waals surface area contributed by atoms with Gasteiger partial charge >= 0.3 is 0 Å². The largest absolute Gasteiger partial charge is 0.289 e. The third-order valence-corrected chi connectivity index (χ3v) is 0.657. The van der Waals surface area contributed by atoms with Crippen LogP contribution in [0.15, 0.2) is 29.8 Å². The van der Waals surface area contributed by atoms with Crippen LogP contribution in [0.1, 0.15) is 6.92 Å². The zero-order chi connectivity index (χ0) is 6.24. The van der Waals surface area contributed by atoms with Crippen molar-refractivity contribution in [1.29, 1.82) is 0 Å². The van der Waals surface area contributed by atoms with Gasteiger partial charge in [0.05, 0.1) is 6.54 Å². The lowest BCUT2D eigenvalue weighted by Crippen LogP contribution is -1.69. The van der Waals surface area contributed by atoms with E-state index in [2.05, 4.69) is 11.6 Å². The van der Waals surface area contributed by atoms with Crippen molar-refractivity contribution in [2.75, 3.05) is 6.54 Å². The SMILES string of the molecule is C=CC=NC/C=C\C. The minimum atomic E-state index is 0.766. The molecule has 0 aromatic carbocycles. The van der Waals surface area contributed by atoms with Gasteiger partial charge in [0, 0.05) is 6.21 Å². The highest BCUT2D eigenvalue weighted by Crippen LogP contribution is 1.71. The van der Waals surface area contributed by atoms with E-state index in [0.29, 0.717) is 0 Å². The van der Waals surface area contributed by atoms with E-state index in [-0.39, 0.29) is 0 Å². The van der Waals surface area contributed by atoms with Gasteiger partial charge < -0.3 is 0 Å². The third kappa shape index (κ3) is 5.15. The van der Waals surface area contributed by atoms with Gasteiger partial charge in [-0.25, -0.2) is 0 Å². The van der Waals surface area contributed by atoms with Crippen molar-refractivity contribution >= 4 is 6.21 Å². The Kier molecular flexibility index (Phi) is 5.50. The molecule has 1 heteroatoms. The predicted octanol–water partition coefficient (Wildman–Crippen LogP) is 1.82. The molecule has 1 nitrogen and oxygen atoms in total. The fraction of sp³-hybridized carbons (Fsp3) is 0.286. The molecule has 0 radical (unpaired) electrons. The van der Waals surface area contributed by atoms with E-state index in [0.717, 1.165) is 6.54 Å². The van der Waals surface area contributed by atoms with Gasteiger partial charge in [0.1, 0.15) is 0 Å². The molecule has 8 heavy (non-hydrogen) atoms. The summed E-state index contributed by atoms with van der Waals surface area (Å²) in [6.07, 6.45) is 7.32. The van der Waals surface area contributed by atoms with Crippen LogP contribution in [-0.2, 0) is 0 Å². The minimum absolute atomic E-state index is 0.766. The van der Waals surface area contributed by atoms with E-state index in [4.69, 9.17) is 0 Å². The number of nitrogens with zero attached hydrogens (tertiary/aromatic N) is 1. The molecular formula is C7H11N. The van der Waals surface area contributed by atoms with Crippen LogP contribution in [0.5, 0.6) is 0 Å². The summed E-state index contributed by atoms with van der Waals surface area (Å²) in [6.45, 7) is 6.23. The predicted molar refractivity (Wildman–Crippen MR) is 38.4 cm³/mol. The normalized spacial score (nSPS) is 11.1. The molecule has 0 fully saturated rings. The summed E-state index contributed by atoms with van der Waals surface area (Å²) in [5, 5.41) is 0. The molecule has 0 N–H and O–H groups in total. The molecule has 0 saturated heterocycles. The van der Waals surface area contributed by atoms with Crippen molar-refractivity contribution in [3.63, 3.8) is 0 Å². The molecule has 44 valence electrons. The molecule has 0 heterocycles. The zero-order valence-corrected chi connectivity index (χ0v) is 5.17. The van der Waals surface area contributed by atoms with E-state index in [1.54, 1.807) is 12.3 Å². The van der Waals surface area contributed by atoms with Crippen LogP contribution in [0.25, 0.3) is 0 Å². The van der Waals surface area contributed by atoms with Crippen molar-refractivity contribution < 1.29 is 0 Å². The van der Waals surface area contributed by atoms with Crippen LogP contribution < -0.4 is 0 Å². The van der Waals surface area contributed by atoms with Crippen molar-refractivity contribution in [3.05, 3.63) is 24.8 Å². The number of aliphatic imine (C=N–C) groups is 1. The maximum atomic E-state index is 3.95. The zero-order valence-electron chi connectivity index (χ0n) is 5.17. The lowest BCUT2D eigenvalue weighted by Gasteiger charge is -1.76. The second-order valence-electron chi connectivity index (χ2n) is 1.32. The van der Waals surface area contributed by atoms with E-state index < -0.39 is 0 Å². The fourth-order valence-corrected chi connectivity index (χ4v) is 0.302. The summed E-state index contributed by atoms with van der Waals surface area (Å²) in [4.78, 5) is 3.95. The van der Waals surface area contributed by atoms with Crippen molar-refractivity contribution in [2.45, 2.75) is 6.92 Å². The molecule has 0 saturated carbocycles. The second kappa shape index (κ2) is 6.15. The van der Waals surface area contributed by atoms with Crippen LogP contribution in [0.4, 0.5) is 0 Å². The Labute approximate surface area is 50.4 Å². The monoisotopic (exact) mass is 109 g/mol. The maximum absolute atomic E-state index is 3.95. The summed E-state index contributed by atoms with van der Waals surface area (Å²) >= 11 is 0. The first-order chi connectivity index (χ1) is 3.91. The first-order valence-electron chi connectivity index (χ1n) is 2.63. The molecule has 0 bridgehead atoms. The topological polar surface area (TPSA) is 12.4 Å². The van der Waals surface area contributed by atoms with Crippen LogP contribution in [-0.4, -0.2) is 12.8 Å². The van der Waals surface area contributed by atoms with Crippen LogP contribution in [0.2, 0.25) is 0 Å². The van der Waals surface area contributed by atoms with Gasteiger partial charge in [-0.05, 0) is 6.92 Å². The lowest BCUT2D eigenvalue weighted by atomic mass is 10.5. The number of hydrogen-bond donors (Lipinski definition) is 0. The molecule has 0 aromatic heterocycles. The molecule has 0 aliphatic carbocycles. The standard InChI is InChI=1S/C7H11N/c1-3-5-7-8-6-4-2/h3-6H,2,7H2,1H3/b5-3-,8-6?. The molecule has 0 spiro atoms. The number of hydrogen-bond acceptors (Lipinski definition) is 1. The van der Waals surface area contributed by atoms with Gasteiger partial charge in [0.15, 0.2) is 0 Å². The molecular weight excluding hydrogens is 98.1 g/mol. The third-order valence-electron chi connectivity index (χ3n) is 0.657. The quantitative estimate of drug-likeness (QED) is 0.387. The van der Waals surface area contributed by atoms with Gasteiger partial charge in [-0.15, -0.1) is 0 Å². The molecule has 0 aromatic rings. The molecule has 0 aliphatic rings. The van der Waals surface area contributed by atoms with Crippen LogP contribution in [0.3, 0.4) is 0 Å². The average Bonchev–Trinajstić information content (AvgIpc) is 1.81. The van der Waals surface area contributed by atoms with Gasteiger partial charge in [-0.2, -0.15) is 0 Å². The van der Waals surface area contributed by atoms with Gasteiger partial charge in [0.25, 0.3) is 0 Å². The Morgan fingerprint density at radius 1 is 1.62 bits per heavy atom. The van der Waals surface area contributed by atoms with E-state index in [1.165, 1.54) is 0 Å². The van der Waals surface area contributed by atoms with E-state index in [1.807, 2.05) is 19.1 Å². The first kappa shape index (κ1) is 7.15. The highest BCUT2D eigenvalue weighted by Gasteiger charge is 1.62. The molecule has 0 rings (SSSR count). The van der Waals surface area contributed by atoms with E-state index in [9.17, 15) is 0 Å². The Hall–Kier alpha value is -0.850. The summed E-state index contributed by atoms with van der Waals surface area (Å²) in [6, 6.07) is 0. The number of allylic oxidation sites excluding steroid dienone is 2. The highest BCUT2D eigenvalue weighted by atomic mass is 14.7. The highest BCUT2D eigenvalue weighted by molar-refractivity contribution is 5.70. The molecule has 0 atom stereocenters. The van der Waals surface area contributed by atoms with Gasteiger partial charge in [0.2, 0.25) is 0 Å². The van der Waals surface area contributed by atoms with Crippen molar-refractivity contribution in [2.24, 2.45) is 4.99 Å². The lowest BCUT2D eigenvalue weighted by molar-refractivity contribution is 1.25. The smallest absolute Gasteiger partial charge is 0.0570 e. The summed E-state index contributed by atoms with van der Waals surface area (Å²) in [5.74, 6) is 0. The van der Waals surface area contributed by atoms with Gasteiger partial charge in [-0.1, -0.05) is 24.8 Å². The second-order valence-corrected chi connectivity index (χ2v) is 1.32. The summed E-state index contributed by atoms with van der Waals surface area (Å²) < 4.78 is 0. The molecule has 0 aliphatic heterocycles. The Bertz CT molecular complexity index is 101. The minimum Gasteiger partial charge on any atom is -0.289 e. The van der Waals surface area contributed by atoms with Crippen LogP contribution >= 0.6 is 0 Å². The Morgan fingerprint density at radius 3 is 2.88 bits per heavy atom. The summed E-state index contributed by atoms with van der Waals surface area (Å²) in [7, 11) is 0. The average molecular weight is 109 g/mol. The fourth-order valence-electron chi connectivity index (χ4n) is 0.302. The molecule has 0 amide bonds. The summed E-state index contributed by atoms with van der Waals surface area (Å²) in [5.41, 5.74) is 0. The maximum Gasteiger partial charge on any atom is 0.0570 e. The molecule has 0 unspecified atom stereocenters. The first-order valence-corrected chi connectivity index (χ1v) is 2.63. The van der Waals surface area contributed by atoms with E-state index >= 15 is 0 Å². The Morgan fingerprint density at radius 2 is 2.38 bits per heavy atom. The Balaban J connectivity index is 3.15. The van der Waals surface area contributed by atoms with Gasteiger partial charge in [-0.3, -0.25) is 4.99 Å². The van der Waals surface area contributed by atoms with Crippen LogP contribution in [0, 0.1) is 0 Å². The van der Waals surface area contributed by atoms with Crippen molar-refractivity contribution in [1.82, 2.24) is 0 Å². The number of rotatable bonds is 3.